The second kappa shape index (κ2) is 4.41. The number of carboxylic acids is 1. The maximum atomic E-state index is 12.8. The molecule has 15 heavy (non-hydrogen) atoms. The zero-order valence-corrected chi connectivity index (χ0v) is 7.78. The van der Waals surface area contributed by atoms with Crippen molar-refractivity contribution in [3.05, 3.63) is 24.0 Å². The molecule has 0 heterocycles. The molecule has 2 N–H and O–H groups in total. The molecule has 0 aromatic heterocycles. The number of methoxy groups -OCH3 is 1. The van der Waals surface area contributed by atoms with Crippen molar-refractivity contribution in [1.82, 2.24) is 0 Å². The minimum atomic E-state index is -1.65. The van der Waals surface area contributed by atoms with Crippen LogP contribution in [0.15, 0.2) is 18.2 Å². The molecule has 0 saturated carbocycles. The van der Waals surface area contributed by atoms with Gasteiger partial charge in [-0.1, -0.05) is 0 Å². The minimum Gasteiger partial charge on any atom is -0.495 e. The second-order valence-corrected chi connectivity index (χ2v) is 2.60. The Hall–Kier alpha value is -2.11. The Bertz CT molecular complexity index is 405. The summed E-state index contributed by atoms with van der Waals surface area (Å²) in [5.74, 6) is -3.32. The van der Waals surface area contributed by atoms with Gasteiger partial charge in [0.2, 0.25) is 0 Å². The number of hydrogen-bond donors (Lipinski definition) is 2. The van der Waals surface area contributed by atoms with E-state index < -0.39 is 17.7 Å². The summed E-state index contributed by atoms with van der Waals surface area (Å²) >= 11 is 0. The van der Waals surface area contributed by atoms with Crippen molar-refractivity contribution in [2.75, 3.05) is 12.4 Å². The zero-order valence-electron chi connectivity index (χ0n) is 7.78. The lowest BCUT2D eigenvalue weighted by Crippen LogP contribution is -2.22. The molecule has 5 nitrogen and oxygen atoms in total. The van der Waals surface area contributed by atoms with Crippen molar-refractivity contribution in [3.63, 3.8) is 0 Å². The number of anilines is 1. The molecule has 0 bridgehead atoms. The van der Waals surface area contributed by atoms with Gasteiger partial charge < -0.3 is 15.2 Å². The summed E-state index contributed by atoms with van der Waals surface area (Å²) in [5.41, 5.74) is -0.0232. The molecule has 1 aromatic carbocycles. The van der Waals surface area contributed by atoms with Gasteiger partial charge in [0.1, 0.15) is 11.6 Å². The summed E-state index contributed by atoms with van der Waals surface area (Å²) in [6.45, 7) is 0. The fourth-order valence-corrected chi connectivity index (χ4v) is 0.954. The van der Waals surface area contributed by atoms with Gasteiger partial charge in [0, 0.05) is 6.07 Å². The Labute approximate surface area is 84.5 Å². The van der Waals surface area contributed by atoms with Crippen molar-refractivity contribution in [2.45, 2.75) is 0 Å². The predicted molar refractivity (Wildman–Crippen MR) is 49.2 cm³/mol. The normalized spacial score (nSPS) is 9.47. The molecule has 1 rings (SSSR count). The predicted octanol–water partition coefficient (Wildman–Crippen LogP) is 0.857. The van der Waals surface area contributed by atoms with Crippen molar-refractivity contribution < 1.29 is 23.8 Å². The second-order valence-electron chi connectivity index (χ2n) is 2.60. The van der Waals surface area contributed by atoms with Crippen LogP contribution in [0.4, 0.5) is 10.1 Å². The highest BCUT2D eigenvalue weighted by molar-refractivity contribution is 6.36. The van der Waals surface area contributed by atoms with E-state index in [2.05, 4.69) is 0 Å². The van der Waals surface area contributed by atoms with E-state index in [1.54, 1.807) is 0 Å². The van der Waals surface area contributed by atoms with E-state index in [4.69, 9.17) is 9.84 Å². The Balaban J connectivity index is 2.97. The number of carbonyl (C=O) groups is 2. The highest BCUT2D eigenvalue weighted by Gasteiger charge is 2.14. The van der Waals surface area contributed by atoms with Crippen molar-refractivity contribution >= 4 is 17.6 Å². The highest BCUT2D eigenvalue weighted by Crippen LogP contribution is 2.24. The van der Waals surface area contributed by atoms with Gasteiger partial charge in [0.15, 0.2) is 0 Å². The van der Waals surface area contributed by atoms with Gasteiger partial charge in [-0.05, 0) is 12.1 Å². The maximum Gasteiger partial charge on any atom is 0.394 e. The molecule has 80 valence electrons. The summed E-state index contributed by atoms with van der Waals surface area (Å²) in [6.07, 6.45) is 0. The van der Waals surface area contributed by atoms with Gasteiger partial charge in [0.25, 0.3) is 0 Å². The van der Waals surface area contributed by atoms with Gasteiger partial charge in [-0.25, -0.2) is 9.18 Å². The summed E-state index contributed by atoms with van der Waals surface area (Å²) in [4.78, 5) is 21.0. The number of carbonyl (C=O) groups excluding carboxylic acids is 1. The van der Waals surface area contributed by atoms with Gasteiger partial charge in [-0.2, -0.15) is 0 Å². The number of halogens is 1. The van der Waals surface area contributed by atoms with Crippen LogP contribution in [0, 0.1) is 5.82 Å². The monoisotopic (exact) mass is 213 g/mol. The van der Waals surface area contributed by atoms with E-state index in [0.717, 1.165) is 12.1 Å². The smallest absolute Gasteiger partial charge is 0.394 e. The number of rotatable bonds is 2. The molecule has 1 amide bonds. The summed E-state index contributed by atoms with van der Waals surface area (Å²) in [7, 11) is 1.32. The SMILES string of the molecule is COc1ccc(F)cc1NC(=O)C(=O)O. The summed E-state index contributed by atoms with van der Waals surface area (Å²) < 4.78 is 17.6. The van der Waals surface area contributed by atoms with E-state index in [-0.39, 0.29) is 11.4 Å². The largest absolute Gasteiger partial charge is 0.495 e. The molecular weight excluding hydrogens is 205 g/mol. The molecule has 1 aromatic rings. The van der Waals surface area contributed by atoms with Crippen LogP contribution in [0.3, 0.4) is 0 Å². The number of amides is 1. The average molecular weight is 213 g/mol. The minimum absolute atomic E-state index is 0.0232. The zero-order chi connectivity index (χ0) is 11.4. The molecule has 0 aliphatic rings. The van der Waals surface area contributed by atoms with Crippen molar-refractivity contribution in [2.24, 2.45) is 0 Å². The molecule has 0 aliphatic heterocycles. The maximum absolute atomic E-state index is 12.8. The number of nitrogens with one attached hydrogen (secondary N) is 1. The summed E-state index contributed by atoms with van der Waals surface area (Å²) in [6, 6.07) is 3.39. The lowest BCUT2D eigenvalue weighted by atomic mass is 10.3. The number of hydrogen-bond acceptors (Lipinski definition) is 3. The molecular formula is C9H8FNO4. The average Bonchev–Trinajstić information content (AvgIpc) is 2.18. The molecule has 0 radical (unpaired) electrons. The van der Waals surface area contributed by atoms with Crippen LogP contribution in [0.2, 0.25) is 0 Å². The topological polar surface area (TPSA) is 75.6 Å². The Morgan fingerprint density at radius 3 is 2.67 bits per heavy atom. The van der Waals surface area contributed by atoms with Gasteiger partial charge in [0.05, 0.1) is 12.8 Å². The third-order valence-corrected chi connectivity index (χ3v) is 1.60. The first-order chi connectivity index (χ1) is 7.04. The van der Waals surface area contributed by atoms with E-state index in [1.807, 2.05) is 5.32 Å². The van der Waals surface area contributed by atoms with E-state index in [9.17, 15) is 14.0 Å². The third kappa shape index (κ3) is 2.67. The molecule has 0 atom stereocenters. The fourth-order valence-electron chi connectivity index (χ4n) is 0.954. The van der Waals surface area contributed by atoms with Crippen LogP contribution < -0.4 is 10.1 Å². The number of aliphatic carboxylic acids is 1. The summed E-state index contributed by atoms with van der Waals surface area (Å²) in [5, 5.41) is 10.3. The fraction of sp³-hybridized carbons (Fsp3) is 0.111. The standard InChI is InChI=1S/C9H8FNO4/c1-15-7-3-2-5(10)4-6(7)11-8(12)9(13)14/h2-4H,1H3,(H,11,12)(H,13,14). The van der Waals surface area contributed by atoms with Crippen molar-refractivity contribution in [1.29, 1.82) is 0 Å². The molecule has 0 saturated heterocycles. The van der Waals surface area contributed by atoms with Crippen LogP contribution in [-0.4, -0.2) is 24.1 Å². The van der Waals surface area contributed by atoms with Crippen molar-refractivity contribution in [3.8, 4) is 5.75 Å². The van der Waals surface area contributed by atoms with E-state index in [0.29, 0.717) is 0 Å². The lowest BCUT2D eigenvalue weighted by Gasteiger charge is -2.07. The van der Waals surface area contributed by atoms with Gasteiger partial charge in [-0.3, -0.25) is 4.79 Å². The number of carboxylic acid groups (broad SMARTS) is 1. The molecule has 6 heteroatoms. The third-order valence-electron chi connectivity index (χ3n) is 1.60. The number of ether oxygens (including phenoxy) is 1. The number of benzene rings is 1. The van der Waals surface area contributed by atoms with Crippen LogP contribution in [0.1, 0.15) is 0 Å². The lowest BCUT2D eigenvalue weighted by molar-refractivity contribution is -0.147. The van der Waals surface area contributed by atoms with Gasteiger partial charge >= 0.3 is 11.9 Å². The van der Waals surface area contributed by atoms with E-state index >= 15 is 0 Å². The Morgan fingerprint density at radius 1 is 1.47 bits per heavy atom. The molecule has 0 fully saturated rings. The Morgan fingerprint density at radius 2 is 2.13 bits per heavy atom. The Kier molecular flexibility index (Phi) is 3.22. The molecule has 0 unspecified atom stereocenters. The first-order valence-corrected chi connectivity index (χ1v) is 3.92. The first kappa shape index (κ1) is 11.0. The van der Waals surface area contributed by atoms with Crippen LogP contribution in [0.25, 0.3) is 0 Å². The quantitative estimate of drug-likeness (QED) is 0.714. The highest BCUT2D eigenvalue weighted by atomic mass is 19.1. The molecule has 0 aliphatic carbocycles. The van der Waals surface area contributed by atoms with E-state index in [1.165, 1.54) is 13.2 Å². The molecule has 0 spiro atoms. The van der Waals surface area contributed by atoms with Crippen LogP contribution >= 0.6 is 0 Å². The first-order valence-electron chi connectivity index (χ1n) is 3.92. The van der Waals surface area contributed by atoms with Crippen LogP contribution in [0.5, 0.6) is 5.75 Å². The van der Waals surface area contributed by atoms with Crippen LogP contribution in [-0.2, 0) is 9.59 Å². The van der Waals surface area contributed by atoms with Gasteiger partial charge in [-0.15, -0.1) is 0 Å².